The summed E-state index contributed by atoms with van der Waals surface area (Å²) < 4.78 is 1.14. The summed E-state index contributed by atoms with van der Waals surface area (Å²) in [5, 5.41) is 13.4. The van der Waals surface area contributed by atoms with Crippen LogP contribution in [0.3, 0.4) is 0 Å². The molecule has 0 unspecified atom stereocenters. The molecule has 0 radical (unpaired) electrons. The number of hydrogen-bond acceptors (Lipinski definition) is 5. The molecular weight excluding hydrogens is 348 g/mol. The van der Waals surface area contributed by atoms with Gasteiger partial charge in [0.05, 0.1) is 10.9 Å². The van der Waals surface area contributed by atoms with Crippen molar-refractivity contribution in [3.8, 4) is 16.6 Å². The van der Waals surface area contributed by atoms with Crippen molar-refractivity contribution in [1.29, 1.82) is 5.26 Å². The summed E-state index contributed by atoms with van der Waals surface area (Å²) in [4.78, 5) is 28.2. The van der Waals surface area contributed by atoms with Crippen molar-refractivity contribution in [2.24, 2.45) is 0 Å². The number of carbonyl (C=O) groups is 1. The van der Waals surface area contributed by atoms with Crippen molar-refractivity contribution in [3.63, 3.8) is 0 Å². The van der Waals surface area contributed by atoms with E-state index >= 15 is 0 Å². The minimum absolute atomic E-state index is 0.0958. The Morgan fingerprint density at radius 2 is 1.96 bits per heavy atom. The van der Waals surface area contributed by atoms with Crippen LogP contribution in [0, 0.1) is 18.3 Å². The van der Waals surface area contributed by atoms with Gasteiger partial charge in [-0.2, -0.15) is 10.4 Å². The van der Waals surface area contributed by atoms with E-state index in [9.17, 15) is 9.59 Å². The lowest BCUT2D eigenvalue weighted by Gasteiger charge is -2.19. The predicted octanol–water partition coefficient (Wildman–Crippen LogP) is 2.84. The lowest BCUT2D eigenvalue weighted by atomic mass is 10.3. The molecule has 0 saturated heterocycles. The summed E-state index contributed by atoms with van der Waals surface area (Å²) in [6.07, 6.45) is 0. The van der Waals surface area contributed by atoms with Gasteiger partial charge in [0.1, 0.15) is 18.8 Å². The van der Waals surface area contributed by atoms with Gasteiger partial charge in [-0.3, -0.25) is 14.5 Å². The smallest absolute Gasteiger partial charge is 0.267 e. The van der Waals surface area contributed by atoms with E-state index in [0.29, 0.717) is 11.4 Å². The minimum Gasteiger partial charge on any atom is -0.297 e. The Labute approximate surface area is 154 Å². The average molecular weight is 364 g/mol. The molecule has 6 nitrogen and oxygen atoms in total. The van der Waals surface area contributed by atoms with Crippen LogP contribution in [0.1, 0.15) is 4.88 Å². The lowest BCUT2D eigenvalue weighted by Crippen LogP contribution is -2.37. The first kappa shape index (κ1) is 17.6. The van der Waals surface area contributed by atoms with Crippen LogP contribution in [0.15, 0.2) is 59.4 Å². The first-order chi connectivity index (χ1) is 12.6. The van der Waals surface area contributed by atoms with E-state index < -0.39 is 0 Å². The summed E-state index contributed by atoms with van der Waals surface area (Å²) >= 11 is 1.57. The number of thiophene rings is 1. The van der Waals surface area contributed by atoms with Gasteiger partial charge in [-0.15, -0.1) is 11.3 Å². The van der Waals surface area contributed by atoms with Crippen molar-refractivity contribution in [2.75, 3.05) is 11.4 Å². The van der Waals surface area contributed by atoms with Crippen molar-refractivity contribution in [3.05, 3.63) is 69.8 Å². The molecule has 0 aliphatic heterocycles. The number of aryl methyl sites for hydroxylation is 1. The highest BCUT2D eigenvalue weighted by Gasteiger charge is 2.17. The highest BCUT2D eigenvalue weighted by atomic mass is 32.1. The molecule has 0 aliphatic rings. The van der Waals surface area contributed by atoms with E-state index in [1.165, 1.54) is 11.0 Å². The summed E-state index contributed by atoms with van der Waals surface area (Å²) in [6, 6.07) is 17.9. The molecule has 0 atom stereocenters. The van der Waals surface area contributed by atoms with Crippen molar-refractivity contribution in [2.45, 2.75) is 13.5 Å². The van der Waals surface area contributed by atoms with Crippen molar-refractivity contribution in [1.82, 2.24) is 9.78 Å². The van der Waals surface area contributed by atoms with Gasteiger partial charge >= 0.3 is 0 Å². The molecule has 0 N–H and O–H groups in total. The van der Waals surface area contributed by atoms with Gasteiger partial charge in [-0.1, -0.05) is 18.2 Å². The van der Waals surface area contributed by atoms with Crippen LogP contribution in [-0.4, -0.2) is 22.2 Å². The quantitative estimate of drug-likeness (QED) is 0.652. The summed E-state index contributed by atoms with van der Waals surface area (Å²) in [5.41, 5.74) is 0.888. The summed E-state index contributed by atoms with van der Waals surface area (Å²) in [7, 11) is 0. The van der Waals surface area contributed by atoms with E-state index in [4.69, 9.17) is 5.26 Å². The number of aromatic nitrogens is 2. The molecule has 26 heavy (non-hydrogen) atoms. The molecule has 7 heteroatoms. The lowest BCUT2D eigenvalue weighted by molar-refractivity contribution is -0.119. The van der Waals surface area contributed by atoms with Crippen LogP contribution in [0.2, 0.25) is 0 Å². The number of amides is 1. The van der Waals surface area contributed by atoms with E-state index in [1.54, 1.807) is 41.7 Å². The number of nitriles is 1. The fourth-order valence-corrected chi connectivity index (χ4v) is 3.31. The molecule has 3 aromatic rings. The zero-order chi connectivity index (χ0) is 18.5. The topological polar surface area (TPSA) is 79.0 Å². The fraction of sp³-hybridized carbons (Fsp3) is 0.158. The molecule has 1 amide bonds. The number of hydrogen-bond donors (Lipinski definition) is 0. The van der Waals surface area contributed by atoms with Gasteiger partial charge in [0.2, 0.25) is 5.91 Å². The monoisotopic (exact) mass is 364 g/mol. The van der Waals surface area contributed by atoms with Crippen LogP contribution in [0.4, 0.5) is 5.69 Å². The maximum atomic E-state index is 12.7. The zero-order valence-electron chi connectivity index (χ0n) is 14.1. The number of para-hydroxylation sites is 1. The third kappa shape index (κ3) is 3.87. The molecule has 0 spiro atoms. The van der Waals surface area contributed by atoms with Crippen LogP contribution >= 0.6 is 11.3 Å². The number of carbonyl (C=O) groups excluding carboxylic acids is 1. The highest BCUT2D eigenvalue weighted by Crippen LogP contribution is 2.25. The largest absolute Gasteiger partial charge is 0.297 e. The molecule has 2 heterocycles. The molecule has 2 aromatic heterocycles. The third-order valence-corrected chi connectivity index (χ3v) is 4.77. The molecule has 0 bridgehead atoms. The Morgan fingerprint density at radius 1 is 1.19 bits per heavy atom. The van der Waals surface area contributed by atoms with Gasteiger partial charge in [0.15, 0.2) is 0 Å². The maximum Gasteiger partial charge on any atom is 0.267 e. The molecule has 0 fully saturated rings. The van der Waals surface area contributed by atoms with Crippen molar-refractivity contribution >= 4 is 22.9 Å². The Bertz CT molecular complexity index is 1020. The fourth-order valence-electron chi connectivity index (χ4n) is 2.48. The highest BCUT2D eigenvalue weighted by molar-refractivity contribution is 7.15. The van der Waals surface area contributed by atoms with Crippen LogP contribution in [-0.2, 0) is 11.3 Å². The zero-order valence-corrected chi connectivity index (χ0v) is 14.9. The van der Waals surface area contributed by atoms with Crippen LogP contribution in [0.5, 0.6) is 0 Å². The first-order valence-electron chi connectivity index (χ1n) is 7.96. The van der Waals surface area contributed by atoms with E-state index in [0.717, 1.165) is 14.4 Å². The van der Waals surface area contributed by atoms with Gasteiger partial charge in [0, 0.05) is 16.6 Å². The van der Waals surface area contributed by atoms with Gasteiger partial charge < -0.3 is 0 Å². The standard InChI is InChI=1S/C19H16N4O2S/c1-14-7-9-17(26-14)16-8-10-18(24)23(21-16)13-19(25)22(12-11-20)15-5-3-2-4-6-15/h2-10H,12-13H2,1H3. The molecule has 0 aliphatic carbocycles. The normalized spacial score (nSPS) is 10.3. The second kappa shape index (κ2) is 7.76. The molecule has 1 aromatic carbocycles. The number of nitrogens with zero attached hydrogens (tertiary/aromatic N) is 4. The number of benzene rings is 1. The van der Waals surface area contributed by atoms with Gasteiger partial charge in [0.25, 0.3) is 5.56 Å². The molecular formula is C19H16N4O2S. The predicted molar refractivity (Wildman–Crippen MR) is 101 cm³/mol. The summed E-state index contributed by atoms with van der Waals surface area (Å²) in [6.45, 7) is 1.67. The Balaban J connectivity index is 1.88. The van der Waals surface area contributed by atoms with Gasteiger partial charge in [-0.25, -0.2) is 4.68 Å². The van der Waals surface area contributed by atoms with E-state index in [-0.39, 0.29) is 24.6 Å². The van der Waals surface area contributed by atoms with E-state index in [1.807, 2.05) is 31.2 Å². The summed E-state index contributed by atoms with van der Waals surface area (Å²) in [5.74, 6) is -0.369. The number of anilines is 1. The molecule has 130 valence electrons. The number of rotatable bonds is 5. The first-order valence-corrected chi connectivity index (χ1v) is 8.77. The SMILES string of the molecule is Cc1ccc(-c2ccc(=O)n(CC(=O)N(CC#N)c3ccccc3)n2)s1. The average Bonchev–Trinajstić information content (AvgIpc) is 3.08. The maximum absolute atomic E-state index is 12.7. The molecule has 0 saturated carbocycles. The second-order valence-electron chi connectivity index (χ2n) is 5.60. The van der Waals surface area contributed by atoms with Crippen LogP contribution < -0.4 is 10.5 Å². The molecule has 3 rings (SSSR count). The Hall–Kier alpha value is -3.24. The Morgan fingerprint density at radius 3 is 2.62 bits per heavy atom. The third-order valence-electron chi connectivity index (χ3n) is 3.74. The minimum atomic E-state index is -0.369. The van der Waals surface area contributed by atoms with E-state index in [2.05, 4.69) is 5.10 Å². The van der Waals surface area contributed by atoms with Crippen molar-refractivity contribution < 1.29 is 4.79 Å². The van der Waals surface area contributed by atoms with Gasteiger partial charge in [-0.05, 0) is 37.3 Å². The Kier molecular flexibility index (Phi) is 5.25. The second-order valence-corrected chi connectivity index (χ2v) is 6.89. The van der Waals surface area contributed by atoms with Crippen LogP contribution in [0.25, 0.3) is 10.6 Å².